The van der Waals surface area contributed by atoms with Crippen molar-refractivity contribution in [2.45, 2.75) is 38.6 Å². The van der Waals surface area contributed by atoms with Gasteiger partial charge >= 0.3 is 5.69 Å². The van der Waals surface area contributed by atoms with Crippen LogP contribution >= 0.6 is 11.6 Å². The van der Waals surface area contributed by atoms with Crippen molar-refractivity contribution in [1.82, 2.24) is 9.97 Å². The first kappa shape index (κ1) is 23.5. The van der Waals surface area contributed by atoms with Crippen molar-refractivity contribution < 1.29 is 4.79 Å². The molecule has 1 aliphatic rings. The summed E-state index contributed by atoms with van der Waals surface area (Å²) in [5.74, 6) is -0.148. The zero-order valence-corrected chi connectivity index (χ0v) is 19.8. The number of benzodiazepines with no additional fused rings is 1. The summed E-state index contributed by atoms with van der Waals surface area (Å²) in [6.45, 7) is 5.99. The first-order chi connectivity index (χ1) is 16.5. The number of aromatic nitrogens is 2. The third-order valence-electron chi connectivity index (χ3n) is 5.76. The van der Waals surface area contributed by atoms with E-state index in [1.165, 1.54) is 0 Å². The molecular weight excluding hydrogens is 448 g/mol. The average molecular weight is 475 g/mol. The third-order valence-corrected chi connectivity index (χ3v) is 5.99. The normalized spacial score (nSPS) is 16.3. The summed E-state index contributed by atoms with van der Waals surface area (Å²) in [6, 6.07) is 10.4. The Labute approximate surface area is 203 Å². The Morgan fingerprint density at radius 1 is 1.15 bits per heavy atom. The molecule has 0 radical (unpaired) electrons. The molecule has 34 heavy (non-hydrogen) atoms. The number of fused-ring (bicyclic) bond motifs is 2. The number of hydrogen-bond donors (Lipinski definition) is 3. The van der Waals surface area contributed by atoms with Crippen LogP contribution in [0.4, 0.5) is 5.69 Å². The number of nitrogens with one attached hydrogen (secondary N) is 3. The highest BCUT2D eigenvalue weighted by molar-refractivity contribution is 6.32. The second-order valence-corrected chi connectivity index (χ2v) is 8.62. The number of imidazole rings is 1. The summed E-state index contributed by atoms with van der Waals surface area (Å²) in [5, 5.41) is 3.56. The van der Waals surface area contributed by atoms with Gasteiger partial charge in [0.15, 0.2) is 0 Å². The first-order valence-electron chi connectivity index (χ1n) is 11.4. The standard InChI is InChI=1S/C27H27ClN4O2/c1-3-5-6-8-17(4-2)9-7-10-23-26(33)30-21-14-12-19(28)16-20(21)25(29-23)18-11-13-22-24(15-18)32-27(34)31-22/h4-6,8,11-16,23H,2-3,7,9-10H2,1H3,(H,30,33)(H2,31,32,34)/b6-5-,17-8+. The van der Waals surface area contributed by atoms with Gasteiger partial charge in [0, 0.05) is 16.1 Å². The van der Waals surface area contributed by atoms with Crippen molar-refractivity contribution in [2.24, 2.45) is 4.99 Å². The Hall–Kier alpha value is -3.64. The molecule has 0 saturated heterocycles. The monoisotopic (exact) mass is 474 g/mol. The molecule has 0 saturated carbocycles. The van der Waals surface area contributed by atoms with E-state index in [0.717, 1.165) is 36.0 Å². The number of allylic oxidation sites excluding steroid dienone is 5. The number of nitrogens with zero attached hydrogens (tertiary/aromatic N) is 1. The van der Waals surface area contributed by atoms with Crippen LogP contribution < -0.4 is 11.0 Å². The van der Waals surface area contributed by atoms with Crippen molar-refractivity contribution in [3.05, 3.63) is 99.5 Å². The van der Waals surface area contributed by atoms with Crippen LogP contribution in [0.2, 0.25) is 5.02 Å². The molecule has 0 spiro atoms. The molecule has 0 fully saturated rings. The molecule has 1 aliphatic heterocycles. The highest BCUT2D eigenvalue weighted by Crippen LogP contribution is 2.29. The lowest BCUT2D eigenvalue weighted by molar-refractivity contribution is -0.117. The van der Waals surface area contributed by atoms with Gasteiger partial charge in [-0.3, -0.25) is 9.79 Å². The Bertz CT molecular complexity index is 1380. The second-order valence-electron chi connectivity index (χ2n) is 8.19. The molecule has 0 aliphatic carbocycles. The van der Waals surface area contributed by atoms with Gasteiger partial charge in [-0.1, -0.05) is 55.5 Å². The lowest BCUT2D eigenvalue weighted by Gasteiger charge is -2.11. The molecule has 2 aromatic carbocycles. The van der Waals surface area contributed by atoms with E-state index in [9.17, 15) is 9.59 Å². The SMILES string of the molecule is C=C/C(=C\C=C/CC)CCCC1N=C(c2ccc3[nH]c(=O)[nH]c3c2)c2cc(Cl)ccc2NC1=O. The summed E-state index contributed by atoms with van der Waals surface area (Å²) in [7, 11) is 0. The minimum Gasteiger partial charge on any atom is -0.324 e. The van der Waals surface area contributed by atoms with Gasteiger partial charge in [-0.05, 0) is 61.6 Å². The fourth-order valence-corrected chi connectivity index (χ4v) is 4.18. The van der Waals surface area contributed by atoms with E-state index in [0.29, 0.717) is 33.9 Å². The lowest BCUT2D eigenvalue weighted by Crippen LogP contribution is -2.25. The van der Waals surface area contributed by atoms with Crippen molar-refractivity contribution in [1.29, 1.82) is 0 Å². The highest BCUT2D eigenvalue weighted by Gasteiger charge is 2.26. The van der Waals surface area contributed by atoms with Crippen LogP contribution in [-0.2, 0) is 4.79 Å². The van der Waals surface area contributed by atoms with Gasteiger partial charge in [-0.25, -0.2) is 4.79 Å². The smallest absolute Gasteiger partial charge is 0.323 e. The molecule has 3 aromatic rings. The highest BCUT2D eigenvalue weighted by atomic mass is 35.5. The number of carbonyl (C=O) groups excluding carboxylic acids is 1. The zero-order valence-electron chi connectivity index (χ0n) is 19.0. The second kappa shape index (κ2) is 10.5. The molecule has 174 valence electrons. The lowest BCUT2D eigenvalue weighted by atomic mass is 10.00. The maximum Gasteiger partial charge on any atom is 0.323 e. The van der Waals surface area contributed by atoms with Crippen molar-refractivity contribution >= 4 is 39.9 Å². The van der Waals surface area contributed by atoms with Gasteiger partial charge in [0.05, 0.1) is 22.4 Å². The van der Waals surface area contributed by atoms with E-state index in [-0.39, 0.29) is 11.6 Å². The van der Waals surface area contributed by atoms with Gasteiger partial charge in [-0.2, -0.15) is 0 Å². The summed E-state index contributed by atoms with van der Waals surface area (Å²) < 4.78 is 0. The third kappa shape index (κ3) is 5.29. The van der Waals surface area contributed by atoms with Crippen LogP contribution in [0, 0.1) is 0 Å². The van der Waals surface area contributed by atoms with E-state index in [1.807, 2.05) is 30.4 Å². The van der Waals surface area contributed by atoms with Crippen LogP contribution in [-0.4, -0.2) is 27.6 Å². The fraction of sp³-hybridized carbons (Fsp3) is 0.222. The van der Waals surface area contributed by atoms with Gasteiger partial charge in [0.25, 0.3) is 0 Å². The summed E-state index contributed by atoms with van der Waals surface area (Å²) in [5.41, 5.74) is 5.11. The Kier molecular flexibility index (Phi) is 7.28. The maximum atomic E-state index is 13.1. The number of anilines is 1. The Morgan fingerprint density at radius 2 is 1.97 bits per heavy atom. The number of benzene rings is 2. The van der Waals surface area contributed by atoms with Gasteiger partial charge in [0.1, 0.15) is 6.04 Å². The maximum absolute atomic E-state index is 13.1. The van der Waals surface area contributed by atoms with Crippen molar-refractivity contribution in [2.75, 3.05) is 5.32 Å². The van der Waals surface area contributed by atoms with Crippen LogP contribution in [0.1, 0.15) is 43.7 Å². The number of halogens is 1. The minimum absolute atomic E-state index is 0.148. The predicted octanol–water partition coefficient (Wildman–Crippen LogP) is 5.92. The molecule has 1 amide bonds. The van der Waals surface area contributed by atoms with Crippen LogP contribution in [0.3, 0.4) is 0 Å². The van der Waals surface area contributed by atoms with Gasteiger partial charge < -0.3 is 15.3 Å². The minimum atomic E-state index is -0.556. The van der Waals surface area contributed by atoms with Crippen molar-refractivity contribution in [3.8, 4) is 0 Å². The summed E-state index contributed by atoms with van der Waals surface area (Å²) >= 11 is 6.30. The van der Waals surface area contributed by atoms with E-state index < -0.39 is 6.04 Å². The van der Waals surface area contributed by atoms with Crippen molar-refractivity contribution in [3.63, 3.8) is 0 Å². The molecule has 4 rings (SSSR count). The molecule has 1 aromatic heterocycles. The number of aromatic amines is 2. The fourth-order valence-electron chi connectivity index (χ4n) is 4.01. The molecular formula is C27H27ClN4O2. The van der Waals surface area contributed by atoms with Gasteiger partial charge in [0.2, 0.25) is 5.91 Å². The molecule has 6 nitrogen and oxygen atoms in total. The first-order valence-corrected chi connectivity index (χ1v) is 11.8. The Balaban J connectivity index is 1.67. The predicted molar refractivity (Wildman–Crippen MR) is 140 cm³/mol. The summed E-state index contributed by atoms with van der Waals surface area (Å²) in [6.07, 6.45) is 11.2. The number of rotatable bonds is 8. The molecule has 1 atom stereocenters. The van der Waals surface area contributed by atoms with Crippen LogP contribution in [0.15, 0.2) is 82.6 Å². The van der Waals surface area contributed by atoms with Crippen LogP contribution in [0.25, 0.3) is 11.0 Å². The van der Waals surface area contributed by atoms with E-state index in [4.69, 9.17) is 16.6 Å². The molecule has 0 bridgehead atoms. The number of aliphatic imine (C=N–C) groups is 1. The average Bonchev–Trinajstić information content (AvgIpc) is 3.14. The quantitative estimate of drug-likeness (QED) is 0.354. The largest absolute Gasteiger partial charge is 0.324 e. The number of H-pyrrole nitrogens is 2. The van der Waals surface area contributed by atoms with Crippen LogP contribution in [0.5, 0.6) is 0 Å². The van der Waals surface area contributed by atoms with E-state index in [1.54, 1.807) is 18.2 Å². The summed E-state index contributed by atoms with van der Waals surface area (Å²) in [4.78, 5) is 35.2. The van der Waals surface area contributed by atoms with E-state index >= 15 is 0 Å². The van der Waals surface area contributed by atoms with E-state index in [2.05, 4.69) is 40.9 Å². The Morgan fingerprint density at radius 3 is 2.76 bits per heavy atom. The molecule has 1 unspecified atom stereocenters. The number of amides is 1. The van der Waals surface area contributed by atoms with Gasteiger partial charge in [-0.15, -0.1) is 0 Å². The molecule has 2 heterocycles. The molecule has 3 N–H and O–H groups in total. The zero-order chi connectivity index (χ0) is 24.1. The number of hydrogen-bond acceptors (Lipinski definition) is 3. The number of carbonyl (C=O) groups is 1. The topological polar surface area (TPSA) is 90.1 Å². The molecule has 7 heteroatoms.